The molecule has 2 rings (SSSR count). The van der Waals surface area contributed by atoms with Crippen molar-refractivity contribution in [3.63, 3.8) is 0 Å². The van der Waals surface area contributed by atoms with Gasteiger partial charge >= 0.3 is 0 Å². The Kier molecular flexibility index (Phi) is 7.00. The molecule has 2 aromatic rings. The summed E-state index contributed by atoms with van der Waals surface area (Å²) in [6.45, 7) is 7.27. The van der Waals surface area contributed by atoms with Crippen LogP contribution in [0.5, 0.6) is 0 Å². The third kappa shape index (κ3) is 7.69. The van der Waals surface area contributed by atoms with Gasteiger partial charge in [0.05, 0.1) is 11.2 Å². The Labute approximate surface area is 168 Å². The second kappa shape index (κ2) is 8.85. The largest absolute Gasteiger partial charge is 0.376 e. The van der Waals surface area contributed by atoms with Gasteiger partial charge in [-0.2, -0.15) is 0 Å². The van der Waals surface area contributed by atoms with E-state index in [9.17, 15) is 8.42 Å². The molecule has 0 fully saturated rings. The van der Waals surface area contributed by atoms with E-state index in [0.717, 1.165) is 29.6 Å². The van der Waals surface area contributed by atoms with Crippen molar-refractivity contribution in [2.24, 2.45) is 0 Å². The maximum absolute atomic E-state index is 11.2. The van der Waals surface area contributed by atoms with Gasteiger partial charge in [-0.15, -0.1) is 0 Å². The molecule has 0 bridgehead atoms. The quantitative estimate of drug-likeness (QED) is 0.671. The van der Waals surface area contributed by atoms with Crippen LogP contribution in [-0.4, -0.2) is 19.7 Å². The predicted octanol–water partition coefficient (Wildman–Crippen LogP) is 4.41. The van der Waals surface area contributed by atoms with E-state index >= 15 is 0 Å². The lowest BCUT2D eigenvalue weighted by atomic mass is 9.86. The zero-order valence-corrected chi connectivity index (χ0v) is 18.0. The molecule has 0 atom stereocenters. The molecule has 6 heteroatoms. The number of thiocarbonyl (C=S) groups is 1. The van der Waals surface area contributed by atoms with E-state index < -0.39 is 10.0 Å². The second-order valence-corrected chi connectivity index (χ2v) is 10.0. The molecular formula is C21H28N2O2S2. The van der Waals surface area contributed by atoms with E-state index in [0.29, 0.717) is 12.2 Å². The highest BCUT2D eigenvalue weighted by Crippen LogP contribution is 2.22. The normalized spacial score (nSPS) is 11.9. The number of hydrogen-bond acceptors (Lipinski definition) is 3. The molecule has 0 saturated carbocycles. The minimum Gasteiger partial charge on any atom is -0.376 e. The van der Waals surface area contributed by atoms with Crippen LogP contribution in [-0.2, 0) is 28.4 Å². The topological polar surface area (TPSA) is 58.2 Å². The highest BCUT2D eigenvalue weighted by Gasteiger charge is 2.12. The maximum Gasteiger partial charge on any atom is 0.229 e. The van der Waals surface area contributed by atoms with Gasteiger partial charge in [-0.3, -0.25) is 4.72 Å². The minimum atomic E-state index is -3.25. The highest BCUT2D eigenvalue weighted by molar-refractivity contribution is 7.92. The van der Waals surface area contributed by atoms with E-state index in [1.54, 1.807) is 12.1 Å². The average molecular weight is 405 g/mol. The molecule has 0 amide bonds. The lowest BCUT2D eigenvalue weighted by Gasteiger charge is -2.19. The first kappa shape index (κ1) is 21.4. The molecule has 0 aliphatic heterocycles. The van der Waals surface area contributed by atoms with Crippen molar-refractivity contribution >= 4 is 32.9 Å². The minimum absolute atomic E-state index is 0.168. The fourth-order valence-electron chi connectivity index (χ4n) is 2.62. The van der Waals surface area contributed by atoms with Crippen LogP contribution >= 0.6 is 12.2 Å². The first-order valence-corrected chi connectivity index (χ1v) is 11.3. The molecule has 4 nitrogen and oxygen atoms in total. The number of rotatable bonds is 7. The third-order valence-electron chi connectivity index (χ3n) is 4.21. The molecule has 0 radical (unpaired) electrons. The van der Waals surface area contributed by atoms with Gasteiger partial charge < -0.3 is 5.32 Å². The summed E-state index contributed by atoms with van der Waals surface area (Å²) in [6, 6.07) is 16.0. The van der Waals surface area contributed by atoms with Crippen LogP contribution in [0.15, 0.2) is 48.5 Å². The van der Waals surface area contributed by atoms with Crippen molar-refractivity contribution in [3.05, 3.63) is 65.2 Å². The van der Waals surface area contributed by atoms with Gasteiger partial charge in [0, 0.05) is 18.7 Å². The molecule has 27 heavy (non-hydrogen) atoms. The lowest BCUT2D eigenvalue weighted by Crippen LogP contribution is -2.21. The zero-order valence-electron chi connectivity index (χ0n) is 16.4. The molecule has 0 saturated heterocycles. The molecule has 2 N–H and O–H groups in total. The molecule has 0 aliphatic carbocycles. The maximum atomic E-state index is 11.2. The monoisotopic (exact) mass is 404 g/mol. The summed E-state index contributed by atoms with van der Waals surface area (Å²) >= 11 is 5.43. The summed E-state index contributed by atoms with van der Waals surface area (Å²) in [4.78, 5) is 0.827. The van der Waals surface area contributed by atoms with Crippen molar-refractivity contribution < 1.29 is 8.42 Å². The number of nitrogens with one attached hydrogen (secondary N) is 2. The van der Waals surface area contributed by atoms with E-state index in [1.807, 2.05) is 12.1 Å². The van der Waals surface area contributed by atoms with Crippen molar-refractivity contribution in [1.82, 2.24) is 5.32 Å². The molecule has 0 aliphatic rings. The van der Waals surface area contributed by atoms with Gasteiger partial charge in [0.1, 0.15) is 0 Å². The smallest absolute Gasteiger partial charge is 0.229 e. The summed E-state index contributed by atoms with van der Waals surface area (Å²) in [7, 11) is -3.25. The van der Waals surface area contributed by atoms with Crippen LogP contribution in [0.4, 0.5) is 5.69 Å². The van der Waals surface area contributed by atoms with Gasteiger partial charge in [0.15, 0.2) is 0 Å². The molecule has 0 heterocycles. The Hall–Kier alpha value is -1.92. The first-order valence-electron chi connectivity index (χ1n) is 8.96. The Morgan fingerprint density at radius 1 is 0.963 bits per heavy atom. The van der Waals surface area contributed by atoms with Gasteiger partial charge in [0.2, 0.25) is 10.0 Å². The molecular weight excluding hydrogens is 376 g/mol. The van der Waals surface area contributed by atoms with Gasteiger partial charge in [-0.25, -0.2) is 8.42 Å². The zero-order chi connectivity index (χ0) is 20.1. The molecule has 0 unspecified atom stereocenters. The van der Waals surface area contributed by atoms with Crippen molar-refractivity contribution in [3.8, 4) is 0 Å². The highest BCUT2D eigenvalue weighted by atomic mass is 32.2. The number of benzene rings is 2. The SMILES string of the molecule is CC(C)(C)c1ccc(CCC(=S)NCc2ccc(NS(C)(=O)=O)cc2)cc1. The third-order valence-corrected chi connectivity index (χ3v) is 5.16. The standard InChI is InChI=1S/C21H28N2O2S2/c1-21(2,3)18-10-5-16(6-11-18)9-14-20(26)22-15-17-7-12-19(13-8-17)23-27(4,24)25/h5-8,10-13,23H,9,14-15H2,1-4H3,(H,22,26). The fourth-order valence-corrected chi connectivity index (χ4v) is 3.36. The first-order chi connectivity index (χ1) is 12.5. The summed E-state index contributed by atoms with van der Waals surface area (Å²) in [6.07, 6.45) is 2.85. The Balaban J connectivity index is 1.79. The van der Waals surface area contributed by atoms with Crippen molar-refractivity contribution in [1.29, 1.82) is 0 Å². The number of hydrogen-bond donors (Lipinski definition) is 2. The number of aryl methyl sites for hydroxylation is 1. The second-order valence-electron chi connectivity index (χ2n) is 7.79. The van der Waals surface area contributed by atoms with Crippen LogP contribution < -0.4 is 10.0 Å². The molecule has 0 spiro atoms. The Bertz CT molecular complexity index is 866. The van der Waals surface area contributed by atoms with Gasteiger partial charge in [0.25, 0.3) is 0 Å². The molecule has 0 aromatic heterocycles. The lowest BCUT2D eigenvalue weighted by molar-refractivity contribution is 0.590. The van der Waals surface area contributed by atoms with Crippen molar-refractivity contribution in [2.45, 2.75) is 45.6 Å². The molecule has 2 aromatic carbocycles. The van der Waals surface area contributed by atoms with Crippen LogP contribution in [0.2, 0.25) is 0 Å². The average Bonchev–Trinajstić information content (AvgIpc) is 2.57. The van der Waals surface area contributed by atoms with Gasteiger partial charge in [-0.05, 0) is 40.7 Å². The van der Waals surface area contributed by atoms with Crippen LogP contribution in [0, 0.1) is 0 Å². The number of anilines is 1. The summed E-state index contributed by atoms with van der Waals surface area (Å²) < 4.78 is 24.9. The van der Waals surface area contributed by atoms with E-state index in [4.69, 9.17) is 12.2 Å². The van der Waals surface area contributed by atoms with E-state index in [1.165, 1.54) is 11.1 Å². The van der Waals surface area contributed by atoms with E-state index in [-0.39, 0.29) is 5.41 Å². The Morgan fingerprint density at radius 3 is 2.04 bits per heavy atom. The summed E-state index contributed by atoms with van der Waals surface area (Å²) in [5.74, 6) is 0. The fraction of sp³-hybridized carbons (Fsp3) is 0.381. The number of sulfonamides is 1. The van der Waals surface area contributed by atoms with Crippen LogP contribution in [0.3, 0.4) is 0 Å². The van der Waals surface area contributed by atoms with Crippen molar-refractivity contribution in [2.75, 3.05) is 11.0 Å². The van der Waals surface area contributed by atoms with Crippen LogP contribution in [0.25, 0.3) is 0 Å². The molecule has 146 valence electrons. The summed E-state index contributed by atoms with van der Waals surface area (Å²) in [5.41, 5.74) is 4.39. The van der Waals surface area contributed by atoms with Crippen LogP contribution in [0.1, 0.15) is 43.9 Å². The van der Waals surface area contributed by atoms with E-state index in [2.05, 4.69) is 55.1 Å². The Morgan fingerprint density at radius 2 is 1.52 bits per heavy atom. The summed E-state index contributed by atoms with van der Waals surface area (Å²) in [5, 5.41) is 3.27. The predicted molar refractivity (Wildman–Crippen MR) is 118 cm³/mol. The van der Waals surface area contributed by atoms with Gasteiger partial charge in [-0.1, -0.05) is 69.4 Å².